The Hall–Kier alpha value is -3.18. The molecule has 0 aliphatic carbocycles. The van der Waals surface area contributed by atoms with Crippen molar-refractivity contribution in [1.82, 2.24) is 13.7 Å². The fourth-order valence-corrected chi connectivity index (χ4v) is 1.90. The summed E-state index contributed by atoms with van der Waals surface area (Å²) in [4.78, 5) is 72.9. The summed E-state index contributed by atoms with van der Waals surface area (Å²) in [6.45, 7) is 7.02. The molecule has 0 amide bonds. The first-order valence-corrected chi connectivity index (χ1v) is 9.32. The lowest BCUT2D eigenvalue weighted by atomic mass is 10.2. The van der Waals surface area contributed by atoms with E-state index in [9.17, 15) is 28.8 Å². The first-order chi connectivity index (χ1) is 13.9. The Morgan fingerprint density at radius 1 is 0.514 bits per heavy atom. The van der Waals surface area contributed by atoms with E-state index in [0.29, 0.717) is 13.7 Å². The molecule has 0 saturated carbocycles. The maximum atomic E-state index is 12.6. The van der Waals surface area contributed by atoms with Crippen molar-refractivity contribution in [1.29, 1.82) is 0 Å². The normalized spacial score (nSPS) is 9.51. The third-order valence-corrected chi connectivity index (χ3v) is 3.81. The number of hydrogen-bond donors (Lipinski definition) is 0. The molecule has 0 unspecified atom stereocenters. The Morgan fingerprint density at radius 3 is 0.829 bits per heavy atom. The lowest BCUT2D eigenvalue weighted by Gasteiger charge is -2.15. The monoisotopic (exact) mass is 509 g/mol. The number of carbonyl (C=O) groups excluding carboxylic acids is 3. The predicted molar refractivity (Wildman–Crippen MR) is 136 cm³/mol. The molecule has 0 aliphatic heterocycles. The van der Waals surface area contributed by atoms with Crippen molar-refractivity contribution in [3.63, 3.8) is 0 Å². The van der Waals surface area contributed by atoms with E-state index < -0.39 is 72.9 Å². The van der Waals surface area contributed by atoms with Crippen LogP contribution in [0.2, 0.25) is 0 Å². The highest BCUT2D eigenvalue weighted by atomic mass is 16.6. The fourth-order valence-electron chi connectivity index (χ4n) is 1.90. The summed E-state index contributed by atoms with van der Waals surface area (Å²) >= 11 is 0. The van der Waals surface area contributed by atoms with Crippen molar-refractivity contribution in [2.24, 2.45) is 17.8 Å². The molecule has 0 radical (unpaired) electrons. The Morgan fingerprint density at radius 2 is 0.686 bits per heavy atom. The number of esters is 3. The fraction of sp³-hybridized carbons (Fsp3) is 0.739. The van der Waals surface area contributed by atoms with Crippen molar-refractivity contribution in [2.45, 2.75) is 98.9 Å². The zero-order valence-corrected chi connectivity index (χ0v) is 17.9. The molecule has 0 spiro atoms. The Labute approximate surface area is 208 Å². The molecule has 1 aromatic heterocycles. The molecule has 0 atom stereocenters. The second kappa shape index (κ2) is 18.2. The van der Waals surface area contributed by atoms with Crippen LogP contribution in [0.25, 0.3) is 0 Å². The van der Waals surface area contributed by atoms with Gasteiger partial charge in [0.25, 0.3) is 0 Å². The summed E-state index contributed by atoms with van der Waals surface area (Å²) in [6, 6.07) is 0. The van der Waals surface area contributed by atoms with Crippen LogP contribution in [-0.4, -0.2) is 31.6 Å². The van der Waals surface area contributed by atoms with Crippen LogP contribution in [0.4, 0.5) is 0 Å². The highest BCUT2D eigenvalue weighted by molar-refractivity contribution is 5.72. The minimum Gasteiger partial charge on any atom is -0.443 e. The van der Waals surface area contributed by atoms with Crippen LogP contribution >= 0.6 is 0 Å². The van der Waals surface area contributed by atoms with Gasteiger partial charge in [0.2, 0.25) is 0 Å². The minimum absolute atomic E-state index is 0. The largest absolute Gasteiger partial charge is 0.443 e. The Bertz CT molecular complexity index is 816. The van der Waals surface area contributed by atoms with E-state index in [1.54, 1.807) is 41.5 Å². The number of carbonyl (C=O) groups is 3. The maximum absolute atomic E-state index is 12.6. The van der Waals surface area contributed by atoms with Gasteiger partial charge in [0, 0.05) is 0 Å². The molecule has 208 valence electrons. The van der Waals surface area contributed by atoms with Crippen LogP contribution in [0, 0.1) is 17.8 Å². The van der Waals surface area contributed by atoms with Gasteiger partial charge in [-0.05, 0) is 0 Å². The standard InChI is InChI=1S/C18H27N3O9.5CH4/c1-10(2)13(22)28-7-19-16(25)20(8-29-14(23)11(3)4)18(27)21(17(19)26)9-30-15(24)12(5)6;;;;;/h10-12H,7-9H2,1-6H3;5*1H4. The molecule has 0 bridgehead atoms. The maximum Gasteiger partial charge on any atom is 0.341 e. The van der Waals surface area contributed by atoms with Gasteiger partial charge in [0.1, 0.15) is 0 Å². The molecule has 0 N–H and O–H groups in total. The molecule has 12 nitrogen and oxygen atoms in total. The molecular formula is C23H47N3O9. The molecule has 0 saturated heterocycles. The quantitative estimate of drug-likeness (QED) is 0.362. The average Bonchev–Trinajstić information content (AvgIpc) is 2.66. The van der Waals surface area contributed by atoms with E-state index in [4.69, 9.17) is 14.2 Å². The summed E-state index contributed by atoms with van der Waals surface area (Å²) in [6.07, 6.45) is 0. The number of rotatable bonds is 9. The molecule has 0 fully saturated rings. The van der Waals surface area contributed by atoms with Crippen molar-refractivity contribution >= 4 is 17.9 Å². The van der Waals surface area contributed by atoms with Gasteiger partial charge in [-0.3, -0.25) is 14.4 Å². The third-order valence-electron chi connectivity index (χ3n) is 3.81. The zero-order valence-electron chi connectivity index (χ0n) is 17.9. The number of aromatic nitrogens is 3. The van der Waals surface area contributed by atoms with E-state index in [-0.39, 0.29) is 37.1 Å². The first kappa shape index (κ1) is 42.0. The third kappa shape index (κ3) is 11.2. The van der Waals surface area contributed by atoms with Crippen LogP contribution in [0.5, 0.6) is 0 Å². The predicted octanol–water partition coefficient (Wildman–Crippen LogP) is 2.82. The van der Waals surface area contributed by atoms with E-state index in [2.05, 4.69) is 0 Å². The van der Waals surface area contributed by atoms with Gasteiger partial charge in [-0.2, -0.15) is 0 Å². The van der Waals surface area contributed by atoms with Crippen LogP contribution < -0.4 is 17.1 Å². The average molecular weight is 510 g/mol. The van der Waals surface area contributed by atoms with Gasteiger partial charge in [0.05, 0.1) is 17.8 Å². The highest BCUT2D eigenvalue weighted by Crippen LogP contribution is 1.98. The molecule has 12 heteroatoms. The summed E-state index contributed by atoms with van der Waals surface area (Å²) < 4.78 is 16.1. The van der Waals surface area contributed by atoms with E-state index >= 15 is 0 Å². The van der Waals surface area contributed by atoms with Gasteiger partial charge < -0.3 is 14.2 Å². The molecule has 1 rings (SSSR count). The Balaban J connectivity index is -0.000000600. The zero-order chi connectivity index (χ0) is 23.2. The molecule has 1 heterocycles. The summed E-state index contributed by atoms with van der Waals surface area (Å²) in [5, 5.41) is 0. The van der Waals surface area contributed by atoms with Crippen LogP contribution in [-0.2, 0) is 48.8 Å². The van der Waals surface area contributed by atoms with Gasteiger partial charge in [-0.1, -0.05) is 78.7 Å². The summed E-state index contributed by atoms with van der Waals surface area (Å²) in [7, 11) is 0. The SMILES string of the molecule is C.C.C.C.C.CC(C)C(=O)OCn1c(=O)n(COC(=O)C(C)C)c(=O)n(COC(=O)C(C)C)c1=O. The van der Waals surface area contributed by atoms with E-state index in [1.807, 2.05) is 0 Å². The van der Waals surface area contributed by atoms with Crippen LogP contribution in [0.3, 0.4) is 0 Å². The topological polar surface area (TPSA) is 145 Å². The molecule has 0 aliphatic rings. The van der Waals surface area contributed by atoms with E-state index in [1.165, 1.54) is 0 Å². The van der Waals surface area contributed by atoms with Gasteiger partial charge in [-0.25, -0.2) is 28.1 Å². The van der Waals surface area contributed by atoms with Crippen molar-refractivity contribution in [3.8, 4) is 0 Å². The van der Waals surface area contributed by atoms with Crippen LogP contribution in [0.1, 0.15) is 78.7 Å². The molecule has 35 heavy (non-hydrogen) atoms. The van der Waals surface area contributed by atoms with Gasteiger partial charge in [-0.15, -0.1) is 0 Å². The van der Waals surface area contributed by atoms with Gasteiger partial charge >= 0.3 is 35.0 Å². The molecule has 0 aromatic carbocycles. The van der Waals surface area contributed by atoms with Crippen molar-refractivity contribution in [2.75, 3.05) is 0 Å². The minimum atomic E-state index is -1.15. The summed E-state index contributed by atoms with van der Waals surface area (Å²) in [5.74, 6) is -3.59. The highest BCUT2D eigenvalue weighted by Gasteiger charge is 2.20. The summed E-state index contributed by atoms with van der Waals surface area (Å²) in [5.41, 5.74) is -3.45. The molecule has 1 aromatic rings. The second-order valence-electron chi connectivity index (χ2n) is 7.37. The Kier molecular flexibility index (Phi) is 21.8. The number of nitrogens with zero attached hydrogens (tertiary/aromatic N) is 3. The lowest BCUT2D eigenvalue weighted by Crippen LogP contribution is -2.55. The van der Waals surface area contributed by atoms with E-state index in [0.717, 1.165) is 0 Å². The molecular weight excluding hydrogens is 462 g/mol. The number of hydrogen-bond acceptors (Lipinski definition) is 9. The van der Waals surface area contributed by atoms with Crippen molar-refractivity contribution < 1.29 is 28.6 Å². The van der Waals surface area contributed by atoms with Crippen LogP contribution in [0.15, 0.2) is 14.4 Å². The number of ether oxygens (including phenoxy) is 3. The first-order valence-electron chi connectivity index (χ1n) is 9.32. The lowest BCUT2D eigenvalue weighted by molar-refractivity contribution is -0.152. The second-order valence-corrected chi connectivity index (χ2v) is 7.37. The van der Waals surface area contributed by atoms with Gasteiger partial charge in [0.15, 0.2) is 20.2 Å². The van der Waals surface area contributed by atoms with Crippen molar-refractivity contribution in [3.05, 3.63) is 31.5 Å². The smallest absolute Gasteiger partial charge is 0.341 e.